The molecule has 0 atom stereocenters. The molecule has 8 nitrogen and oxygen atoms in total. The van der Waals surface area contributed by atoms with Crippen LogP contribution in [0.5, 0.6) is 11.5 Å². The summed E-state index contributed by atoms with van der Waals surface area (Å²) in [5, 5.41) is 21.1. The number of fused-ring (bicyclic) bond motifs is 1. The normalized spacial score (nSPS) is 11.3. The Labute approximate surface area is 161 Å². The summed E-state index contributed by atoms with van der Waals surface area (Å²) in [6.07, 6.45) is 1.54. The van der Waals surface area contributed by atoms with E-state index >= 15 is 0 Å². The zero-order valence-corrected chi connectivity index (χ0v) is 15.7. The summed E-state index contributed by atoms with van der Waals surface area (Å²) in [5.41, 5.74) is 2.13. The predicted octanol–water partition coefficient (Wildman–Crippen LogP) is 4.05. The predicted molar refractivity (Wildman–Crippen MR) is 105 cm³/mol. The molecular weight excluding hydrogens is 360 g/mol. The maximum atomic E-state index is 11.4. The summed E-state index contributed by atoms with van der Waals surface area (Å²) < 4.78 is 12.3. The number of nitro benzene ring substituents is 1. The number of para-hydroxylation sites is 2. The number of hydrogen-bond donors (Lipinski definition) is 0. The standard InChI is InChI=1S/C20H18N4O4/c1-4-23-16-8-6-5-7-15(16)22-20(23)14(12-21)9-13-10-17(24(25)26)19(28-3)11-18(13)27-2/h5-11H,4H2,1-3H3/b14-9-. The van der Waals surface area contributed by atoms with Crippen LogP contribution >= 0.6 is 0 Å². The van der Waals surface area contributed by atoms with Crippen molar-refractivity contribution < 1.29 is 14.4 Å². The molecule has 1 heterocycles. The van der Waals surface area contributed by atoms with Crippen LogP contribution in [0.3, 0.4) is 0 Å². The maximum absolute atomic E-state index is 11.4. The van der Waals surface area contributed by atoms with Gasteiger partial charge < -0.3 is 14.0 Å². The van der Waals surface area contributed by atoms with Crippen molar-refractivity contribution in [1.82, 2.24) is 9.55 Å². The lowest BCUT2D eigenvalue weighted by atomic mass is 10.1. The van der Waals surface area contributed by atoms with E-state index in [0.717, 1.165) is 11.0 Å². The van der Waals surface area contributed by atoms with Gasteiger partial charge >= 0.3 is 5.69 Å². The zero-order chi connectivity index (χ0) is 20.3. The molecule has 0 fully saturated rings. The van der Waals surface area contributed by atoms with Gasteiger partial charge in [-0.25, -0.2) is 4.98 Å². The third kappa shape index (κ3) is 3.25. The Hall–Kier alpha value is -3.86. The van der Waals surface area contributed by atoms with Crippen molar-refractivity contribution in [3.63, 3.8) is 0 Å². The van der Waals surface area contributed by atoms with Crippen molar-refractivity contribution in [2.45, 2.75) is 13.5 Å². The first-order chi connectivity index (χ1) is 13.5. The lowest BCUT2D eigenvalue weighted by Crippen LogP contribution is -2.01. The van der Waals surface area contributed by atoms with Gasteiger partial charge in [0.25, 0.3) is 0 Å². The van der Waals surface area contributed by atoms with Crippen molar-refractivity contribution in [3.05, 3.63) is 57.9 Å². The Kier molecular flexibility index (Phi) is 5.27. The lowest BCUT2D eigenvalue weighted by Gasteiger charge is -2.09. The van der Waals surface area contributed by atoms with E-state index in [2.05, 4.69) is 11.1 Å². The fourth-order valence-corrected chi connectivity index (χ4v) is 3.07. The third-order valence-corrected chi connectivity index (χ3v) is 4.36. The van der Waals surface area contributed by atoms with Crippen LogP contribution in [0.2, 0.25) is 0 Å². The molecule has 0 aliphatic heterocycles. The summed E-state index contributed by atoms with van der Waals surface area (Å²) in [6, 6.07) is 12.5. The van der Waals surface area contributed by atoms with E-state index in [1.54, 1.807) is 6.08 Å². The minimum absolute atomic E-state index is 0.0818. The first-order valence-corrected chi connectivity index (χ1v) is 8.51. The van der Waals surface area contributed by atoms with Gasteiger partial charge in [0.1, 0.15) is 11.8 Å². The number of nitro groups is 1. The number of methoxy groups -OCH3 is 2. The Morgan fingerprint density at radius 2 is 2.00 bits per heavy atom. The molecule has 0 spiro atoms. The van der Waals surface area contributed by atoms with Crippen molar-refractivity contribution in [1.29, 1.82) is 5.26 Å². The van der Waals surface area contributed by atoms with E-state index in [1.807, 2.05) is 35.8 Å². The van der Waals surface area contributed by atoms with Crippen LogP contribution in [0.15, 0.2) is 36.4 Å². The van der Waals surface area contributed by atoms with Crippen molar-refractivity contribution in [2.24, 2.45) is 0 Å². The molecular formula is C20H18N4O4. The molecule has 0 aliphatic rings. The fourth-order valence-electron chi connectivity index (χ4n) is 3.07. The molecule has 0 unspecified atom stereocenters. The van der Waals surface area contributed by atoms with Crippen LogP contribution in [0.4, 0.5) is 5.69 Å². The number of allylic oxidation sites excluding steroid dienone is 1. The van der Waals surface area contributed by atoms with E-state index in [-0.39, 0.29) is 17.0 Å². The number of hydrogen-bond acceptors (Lipinski definition) is 6. The lowest BCUT2D eigenvalue weighted by molar-refractivity contribution is -0.385. The Morgan fingerprint density at radius 3 is 2.61 bits per heavy atom. The fraction of sp³-hybridized carbons (Fsp3) is 0.200. The largest absolute Gasteiger partial charge is 0.496 e. The van der Waals surface area contributed by atoms with E-state index in [0.29, 0.717) is 23.7 Å². The minimum atomic E-state index is -0.539. The minimum Gasteiger partial charge on any atom is -0.496 e. The first-order valence-electron chi connectivity index (χ1n) is 8.51. The average Bonchev–Trinajstić information content (AvgIpc) is 3.09. The highest BCUT2D eigenvalue weighted by Gasteiger charge is 2.20. The molecule has 3 aromatic rings. The number of nitriles is 1. The van der Waals surface area contributed by atoms with Gasteiger partial charge in [-0.3, -0.25) is 10.1 Å². The molecule has 2 aromatic carbocycles. The molecule has 0 saturated heterocycles. The van der Waals surface area contributed by atoms with E-state index < -0.39 is 4.92 Å². The Bertz CT molecular complexity index is 1130. The maximum Gasteiger partial charge on any atom is 0.311 e. The number of imidazole rings is 1. The summed E-state index contributed by atoms with van der Waals surface area (Å²) >= 11 is 0. The third-order valence-electron chi connectivity index (χ3n) is 4.36. The van der Waals surface area contributed by atoms with Gasteiger partial charge in [-0.2, -0.15) is 5.26 Å². The van der Waals surface area contributed by atoms with Crippen LogP contribution in [-0.4, -0.2) is 28.7 Å². The molecule has 28 heavy (non-hydrogen) atoms. The van der Waals surface area contributed by atoms with Crippen LogP contribution in [0.25, 0.3) is 22.7 Å². The summed E-state index contributed by atoms with van der Waals surface area (Å²) in [7, 11) is 2.80. The molecule has 3 rings (SSSR count). The van der Waals surface area contributed by atoms with Gasteiger partial charge in [0.15, 0.2) is 5.82 Å². The molecule has 0 aliphatic carbocycles. The molecule has 1 aromatic heterocycles. The van der Waals surface area contributed by atoms with E-state index in [1.165, 1.54) is 26.4 Å². The van der Waals surface area contributed by atoms with Gasteiger partial charge in [0, 0.05) is 24.2 Å². The second-order valence-electron chi connectivity index (χ2n) is 5.86. The van der Waals surface area contributed by atoms with Crippen LogP contribution < -0.4 is 9.47 Å². The molecule has 8 heteroatoms. The van der Waals surface area contributed by atoms with Gasteiger partial charge in [0.2, 0.25) is 5.75 Å². The monoisotopic (exact) mass is 378 g/mol. The van der Waals surface area contributed by atoms with Crippen molar-refractivity contribution in [2.75, 3.05) is 14.2 Å². The molecule has 0 radical (unpaired) electrons. The van der Waals surface area contributed by atoms with E-state index in [9.17, 15) is 15.4 Å². The van der Waals surface area contributed by atoms with Gasteiger partial charge in [-0.1, -0.05) is 12.1 Å². The number of benzene rings is 2. The Balaban J connectivity index is 2.23. The van der Waals surface area contributed by atoms with Gasteiger partial charge in [-0.05, 0) is 25.1 Å². The van der Waals surface area contributed by atoms with Crippen molar-refractivity contribution >= 4 is 28.4 Å². The highest BCUT2D eigenvalue weighted by atomic mass is 16.6. The SMILES string of the molecule is CCn1c(/C(C#N)=C\c2cc([N+](=O)[O-])c(OC)cc2OC)nc2ccccc21. The molecule has 0 bridgehead atoms. The smallest absolute Gasteiger partial charge is 0.311 e. The summed E-state index contributed by atoms with van der Waals surface area (Å²) in [6.45, 7) is 2.58. The average molecular weight is 378 g/mol. The molecule has 0 N–H and O–H groups in total. The zero-order valence-electron chi connectivity index (χ0n) is 15.7. The quantitative estimate of drug-likeness (QED) is 0.364. The number of nitrogens with zero attached hydrogens (tertiary/aromatic N) is 4. The summed E-state index contributed by atoms with van der Waals surface area (Å²) in [4.78, 5) is 15.4. The second kappa shape index (κ2) is 7.80. The van der Waals surface area contributed by atoms with Crippen LogP contribution in [0, 0.1) is 21.4 Å². The number of ether oxygens (including phenoxy) is 2. The van der Waals surface area contributed by atoms with Gasteiger partial charge in [-0.15, -0.1) is 0 Å². The number of rotatable bonds is 6. The Morgan fingerprint density at radius 1 is 1.29 bits per heavy atom. The number of aromatic nitrogens is 2. The van der Waals surface area contributed by atoms with Crippen LogP contribution in [0.1, 0.15) is 18.3 Å². The first kappa shape index (κ1) is 18.9. The molecule has 142 valence electrons. The molecule has 0 saturated carbocycles. The second-order valence-corrected chi connectivity index (χ2v) is 5.86. The topological polar surface area (TPSA) is 103 Å². The highest BCUT2D eigenvalue weighted by Crippen LogP contribution is 2.36. The molecule has 0 amide bonds. The van der Waals surface area contributed by atoms with Gasteiger partial charge in [0.05, 0.1) is 35.7 Å². The highest BCUT2D eigenvalue weighted by molar-refractivity contribution is 5.92. The number of aryl methyl sites for hydroxylation is 1. The summed E-state index contributed by atoms with van der Waals surface area (Å²) in [5.74, 6) is 0.930. The van der Waals surface area contributed by atoms with Crippen molar-refractivity contribution in [3.8, 4) is 17.6 Å². The van der Waals surface area contributed by atoms with E-state index in [4.69, 9.17) is 9.47 Å². The van der Waals surface area contributed by atoms with Crippen LogP contribution in [-0.2, 0) is 6.54 Å².